The van der Waals surface area contributed by atoms with E-state index in [1.54, 1.807) is 18.4 Å². The van der Waals surface area contributed by atoms with Gasteiger partial charge in [0.05, 0.1) is 17.2 Å². The van der Waals surface area contributed by atoms with Crippen molar-refractivity contribution in [2.45, 2.75) is 33.4 Å². The molecule has 2 rings (SSSR count). The van der Waals surface area contributed by atoms with Crippen LogP contribution in [0.4, 0.5) is 5.95 Å². The van der Waals surface area contributed by atoms with Crippen molar-refractivity contribution in [2.24, 2.45) is 0 Å². The molecule has 0 radical (unpaired) electrons. The fraction of sp³-hybridized carbons (Fsp3) is 0.538. The quantitative estimate of drug-likeness (QED) is 0.792. The second kappa shape index (κ2) is 6.68. The molecule has 2 aromatic heterocycles. The van der Waals surface area contributed by atoms with Gasteiger partial charge in [0.25, 0.3) is 0 Å². The summed E-state index contributed by atoms with van der Waals surface area (Å²) in [5, 5.41) is 4.47. The van der Waals surface area contributed by atoms with Gasteiger partial charge in [0.2, 0.25) is 5.95 Å². The normalized spacial score (nSPS) is 10.9. The number of nitrogens with one attached hydrogen (secondary N) is 1. The van der Waals surface area contributed by atoms with Gasteiger partial charge in [-0.3, -0.25) is 0 Å². The predicted octanol–water partition coefficient (Wildman–Crippen LogP) is 2.61. The molecule has 0 spiro atoms. The van der Waals surface area contributed by atoms with Crippen molar-refractivity contribution in [1.29, 1.82) is 0 Å². The lowest BCUT2D eigenvalue weighted by molar-refractivity contribution is 0.190. The molecule has 1 N–H and O–H groups in total. The van der Waals surface area contributed by atoms with Gasteiger partial charge in [0.1, 0.15) is 0 Å². The number of thiazole rings is 1. The summed E-state index contributed by atoms with van der Waals surface area (Å²) in [6.45, 7) is 6.48. The van der Waals surface area contributed by atoms with Crippen LogP contribution in [-0.4, -0.2) is 28.3 Å². The SMILES string of the molecule is COCCCn1cc(C)nc1NCc1cnc(C)s1. The number of aromatic nitrogens is 3. The fourth-order valence-electron chi connectivity index (χ4n) is 1.89. The second-order valence-corrected chi connectivity index (χ2v) is 5.76. The standard InChI is InChI=1S/C13H20N4OS/c1-10-9-17(5-4-6-18-3)13(16-10)15-8-12-7-14-11(2)19-12/h7,9H,4-6,8H2,1-3H3,(H,15,16). The highest BCUT2D eigenvalue weighted by molar-refractivity contribution is 7.11. The summed E-state index contributed by atoms with van der Waals surface area (Å²) in [7, 11) is 1.73. The zero-order valence-corrected chi connectivity index (χ0v) is 12.5. The monoisotopic (exact) mass is 280 g/mol. The number of nitrogens with zero attached hydrogens (tertiary/aromatic N) is 3. The lowest BCUT2D eigenvalue weighted by Crippen LogP contribution is -2.08. The van der Waals surface area contributed by atoms with Gasteiger partial charge in [-0.2, -0.15) is 0 Å². The highest BCUT2D eigenvalue weighted by Gasteiger charge is 2.06. The Bertz CT molecular complexity index is 520. The van der Waals surface area contributed by atoms with Crippen molar-refractivity contribution in [3.63, 3.8) is 0 Å². The Morgan fingerprint density at radius 1 is 1.42 bits per heavy atom. The first kappa shape index (κ1) is 14.0. The number of methoxy groups -OCH3 is 1. The lowest BCUT2D eigenvalue weighted by Gasteiger charge is -2.08. The molecule has 0 saturated carbocycles. The average Bonchev–Trinajstić information content (AvgIpc) is 2.94. The van der Waals surface area contributed by atoms with Gasteiger partial charge in [-0.1, -0.05) is 0 Å². The van der Waals surface area contributed by atoms with Crippen molar-refractivity contribution >= 4 is 17.3 Å². The number of ether oxygens (including phenoxy) is 1. The van der Waals surface area contributed by atoms with E-state index in [1.807, 2.05) is 20.0 Å². The van der Waals surface area contributed by atoms with Gasteiger partial charge < -0.3 is 14.6 Å². The molecule has 104 valence electrons. The highest BCUT2D eigenvalue weighted by Crippen LogP contribution is 2.15. The molecule has 0 saturated heterocycles. The summed E-state index contributed by atoms with van der Waals surface area (Å²) in [4.78, 5) is 9.98. The van der Waals surface area contributed by atoms with E-state index >= 15 is 0 Å². The van der Waals surface area contributed by atoms with Crippen LogP contribution in [0.3, 0.4) is 0 Å². The average molecular weight is 280 g/mol. The molecule has 0 aromatic carbocycles. The van der Waals surface area contributed by atoms with Crippen LogP contribution in [0.2, 0.25) is 0 Å². The summed E-state index contributed by atoms with van der Waals surface area (Å²) >= 11 is 1.71. The van der Waals surface area contributed by atoms with E-state index in [4.69, 9.17) is 4.74 Å². The second-order valence-electron chi connectivity index (χ2n) is 4.44. The largest absolute Gasteiger partial charge is 0.385 e. The van der Waals surface area contributed by atoms with Crippen LogP contribution in [0, 0.1) is 13.8 Å². The maximum absolute atomic E-state index is 5.08. The molecule has 0 atom stereocenters. The van der Waals surface area contributed by atoms with Crippen molar-refractivity contribution < 1.29 is 4.74 Å². The van der Waals surface area contributed by atoms with E-state index in [-0.39, 0.29) is 0 Å². The van der Waals surface area contributed by atoms with Crippen LogP contribution in [0.25, 0.3) is 0 Å². The van der Waals surface area contributed by atoms with Crippen molar-refractivity contribution in [2.75, 3.05) is 19.0 Å². The van der Waals surface area contributed by atoms with Crippen molar-refractivity contribution in [3.05, 3.63) is 28.0 Å². The van der Waals surface area contributed by atoms with Crippen molar-refractivity contribution in [3.8, 4) is 0 Å². The molecule has 2 heterocycles. The number of aryl methyl sites for hydroxylation is 3. The van der Waals surface area contributed by atoms with Gasteiger partial charge >= 0.3 is 0 Å². The third kappa shape index (κ3) is 4.04. The molecule has 19 heavy (non-hydrogen) atoms. The molecule has 0 unspecified atom stereocenters. The number of rotatable bonds is 7. The lowest BCUT2D eigenvalue weighted by atomic mass is 10.4. The smallest absolute Gasteiger partial charge is 0.203 e. The molecule has 5 nitrogen and oxygen atoms in total. The van der Waals surface area contributed by atoms with E-state index in [0.717, 1.165) is 42.8 Å². The Hall–Kier alpha value is -1.40. The molecule has 0 aliphatic rings. The highest BCUT2D eigenvalue weighted by atomic mass is 32.1. The number of imidazole rings is 1. The molecule has 6 heteroatoms. The predicted molar refractivity (Wildman–Crippen MR) is 77.6 cm³/mol. The Balaban J connectivity index is 1.95. The van der Waals surface area contributed by atoms with Gasteiger partial charge in [0, 0.05) is 37.5 Å². The van der Waals surface area contributed by atoms with Crippen LogP contribution in [0.15, 0.2) is 12.4 Å². The third-order valence-corrected chi connectivity index (χ3v) is 3.65. The molecular weight excluding hydrogens is 260 g/mol. The van der Waals surface area contributed by atoms with Crippen LogP contribution in [-0.2, 0) is 17.8 Å². The minimum atomic E-state index is 0.769. The van der Waals surface area contributed by atoms with Gasteiger partial charge in [-0.25, -0.2) is 9.97 Å². The summed E-state index contributed by atoms with van der Waals surface area (Å²) in [6, 6.07) is 0. The van der Waals surface area contributed by atoms with Gasteiger partial charge in [-0.15, -0.1) is 11.3 Å². The zero-order valence-electron chi connectivity index (χ0n) is 11.6. The minimum Gasteiger partial charge on any atom is -0.385 e. The van der Waals surface area contributed by atoms with Gasteiger partial charge in [0.15, 0.2) is 0 Å². The summed E-state index contributed by atoms with van der Waals surface area (Å²) < 4.78 is 7.22. The maximum Gasteiger partial charge on any atom is 0.203 e. The first-order chi connectivity index (χ1) is 9.19. The van der Waals surface area contributed by atoms with E-state index in [9.17, 15) is 0 Å². The summed E-state index contributed by atoms with van der Waals surface area (Å²) in [5.41, 5.74) is 1.03. The molecule has 0 aliphatic carbocycles. The Labute approximate surface area is 117 Å². The van der Waals surface area contributed by atoms with Crippen LogP contribution >= 0.6 is 11.3 Å². The third-order valence-electron chi connectivity index (χ3n) is 2.73. The summed E-state index contributed by atoms with van der Waals surface area (Å²) in [5.74, 6) is 0.916. The van der Waals surface area contributed by atoms with Crippen LogP contribution < -0.4 is 5.32 Å². The Morgan fingerprint density at radius 3 is 2.95 bits per heavy atom. The van der Waals surface area contributed by atoms with E-state index < -0.39 is 0 Å². The molecular formula is C13H20N4OS. The van der Waals surface area contributed by atoms with E-state index in [2.05, 4.69) is 26.0 Å². The number of hydrogen-bond donors (Lipinski definition) is 1. The maximum atomic E-state index is 5.08. The summed E-state index contributed by atoms with van der Waals surface area (Å²) in [6.07, 6.45) is 4.97. The van der Waals surface area contributed by atoms with Crippen molar-refractivity contribution in [1.82, 2.24) is 14.5 Å². The molecule has 0 aliphatic heterocycles. The first-order valence-corrected chi connectivity index (χ1v) is 7.18. The zero-order chi connectivity index (χ0) is 13.7. The molecule has 0 bridgehead atoms. The number of anilines is 1. The Morgan fingerprint density at radius 2 is 2.26 bits per heavy atom. The van der Waals surface area contributed by atoms with Crippen LogP contribution in [0.1, 0.15) is 22.0 Å². The first-order valence-electron chi connectivity index (χ1n) is 6.37. The minimum absolute atomic E-state index is 0.769. The van der Waals surface area contributed by atoms with Gasteiger partial charge in [-0.05, 0) is 20.3 Å². The van der Waals surface area contributed by atoms with Crippen LogP contribution in [0.5, 0.6) is 0 Å². The molecule has 2 aromatic rings. The molecule has 0 fully saturated rings. The van der Waals surface area contributed by atoms with E-state index in [0.29, 0.717) is 0 Å². The fourth-order valence-corrected chi connectivity index (χ4v) is 2.63. The van der Waals surface area contributed by atoms with E-state index in [1.165, 1.54) is 4.88 Å². The number of hydrogen-bond acceptors (Lipinski definition) is 5. The topological polar surface area (TPSA) is 52.0 Å². The molecule has 0 amide bonds. The Kier molecular flexibility index (Phi) is 4.93.